The van der Waals surface area contributed by atoms with E-state index >= 15 is 0 Å². The van der Waals surface area contributed by atoms with Crippen molar-refractivity contribution in [2.45, 2.75) is 12.6 Å². The van der Waals surface area contributed by atoms with E-state index in [4.69, 9.17) is 5.73 Å². The van der Waals surface area contributed by atoms with Crippen molar-refractivity contribution in [3.8, 4) is 0 Å². The summed E-state index contributed by atoms with van der Waals surface area (Å²) in [7, 11) is 0. The highest BCUT2D eigenvalue weighted by Gasteiger charge is 2.20. The van der Waals surface area contributed by atoms with E-state index < -0.39 is 6.17 Å². The molecule has 0 unspecified atom stereocenters. The Bertz CT molecular complexity index is 85.1. The first-order valence-corrected chi connectivity index (χ1v) is 3.34. The Kier molecular flexibility index (Phi) is 2.42. The van der Waals surface area contributed by atoms with Crippen LogP contribution in [0, 0.1) is 0 Å². The van der Waals surface area contributed by atoms with Gasteiger partial charge in [0.25, 0.3) is 0 Å². The first-order valence-electron chi connectivity index (χ1n) is 3.34. The molecule has 3 heteroatoms. The Labute approximate surface area is 54.8 Å². The molecule has 0 aromatic rings. The zero-order valence-electron chi connectivity index (χ0n) is 5.44. The van der Waals surface area contributed by atoms with Crippen LogP contribution in [0.25, 0.3) is 0 Å². The van der Waals surface area contributed by atoms with Crippen molar-refractivity contribution in [3.63, 3.8) is 0 Å². The van der Waals surface area contributed by atoms with Crippen LogP contribution in [-0.4, -0.2) is 37.3 Å². The zero-order chi connectivity index (χ0) is 6.69. The van der Waals surface area contributed by atoms with E-state index in [1.165, 1.54) is 0 Å². The summed E-state index contributed by atoms with van der Waals surface area (Å²) in [6, 6.07) is 0. The van der Waals surface area contributed by atoms with Crippen LogP contribution in [0.3, 0.4) is 0 Å². The molecule has 1 rings (SSSR count). The highest BCUT2D eigenvalue weighted by Crippen LogP contribution is 2.10. The largest absolute Gasteiger partial charge is 0.299 e. The number of hydrogen-bond donors (Lipinski definition) is 0. The molecule has 1 fully saturated rings. The minimum Gasteiger partial charge on any atom is -0.299 e. The molecule has 0 aromatic carbocycles. The first-order chi connectivity index (χ1) is 4.33. The van der Waals surface area contributed by atoms with Crippen molar-refractivity contribution >= 4 is 0 Å². The monoisotopic (exact) mass is 131 g/mol. The van der Waals surface area contributed by atoms with Crippen LogP contribution in [0.4, 0.5) is 4.39 Å². The molecular weight excluding hydrogens is 119 g/mol. The average Bonchev–Trinajstić information content (AvgIpc) is 2.17. The second kappa shape index (κ2) is 3.13. The van der Waals surface area contributed by atoms with Crippen LogP contribution < -0.4 is 5.73 Å². The second-order valence-electron chi connectivity index (χ2n) is 2.44. The number of likely N-dealkylation sites (tertiary alicyclic amines) is 1. The molecule has 0 bridgehead atoms. The number of nitrogens with zero attached hydrogens (tertiary/aromatic N) is 1. The SMILES string of the molecule is [NH]CCN1CC[C@@H](F)C1. The van der Waals surface area contributed by atoms with Gasteiger partial charge in [-0.1, -0.05) is 0 Å². The Hall–Kier alpha value is -0.150. The fourth-order valence-corrected chi connectivity index (χ4v) is 1.15. The third-order valence-electron chi connectivity index (χ3n) is 1.64. The predicted molar refractivity (Wildman–Crippen MR) is 33.9 cm³/mol. The van der Waals surface area contributed by atoms with Crippen LogP contribution in [0.5, 0.6) is 0 Å². The fourth-order valence-electron chi connectivity index (χ4n) is 1.15. The summed E-state index contributed by atoms with van der Waals surface area (Å²) in [5, 5.41) is 0. The highest BCUT2D eigenvalue weighted by molar-refractivity contribution is 4.74. The molecule has 9 heavy (non-hydrogen) atoms. The molecule has 0 aromatic heterocycles. The summed E-state index contributed by atoms with van der Waals surface area (Å²) in [5.41, 5.74) is 6.87. The van der Waals surface area contributed by atoms with Gasteiger partial charge in [0.1, 0.15) is 6.17 Å². The Morgan fingerprint density at radius 1 is 1.67 bits per heavy atom. The molecule has 53 valence electrons. The molecule has 0 saturated carbocycles. The lowest BCUT2D eigenvalue weighted by atomic mass is 10.3. The molecule has 0 amide bonds. The van der Waals surface area contributed by atoms with Crippen molar-refractivity contribution < 1.29 is 4.39 Å². The van der Waals surface area contributed by atoms with E-state index in [1.54, 1.807) is 0 Å². The average molecular weight is 131 g/mol. The molecular formula is C6H12FN2. The third-order valence-corrected chi connectivity index (χ3v) is 1.64. The summed E-state index contributed by atoms with van der Waals surface area (Å²) in [4.78, 5) is 2.00. The summed E-state index contributed by atoms with van der Waals surface area (Å²) in [6.45, 7) is 2.53. The summed E-state index contributed by atoms with van der Waals surface area (Å²) >= 11 is 0. The van der Waals surface area contributed by atoms with E-state index in [0.29, 0.717) is 19.5 Å². The minimum absolute atomic E-state index is 0.396. The van der Waals surface area contributed by atoms with Gasteiger partial charge in [-0.2, -0.15) is 0 Å². The molecule has 0 spiro atoms. The molecule has 1 atom stereocenters. The van der Waals surface area contributed by atoms with E-state index in [0.717, 1.165) is 13.1 Å². The van der Waals surface area contributed by atoms with Crippen LogP contribution >= 0.6 is 0 Å². The van der Waals surface area contributed by atoms with Gasteiger partial charge in [-0.25, -0.2) is 4.39 Å². The lowest BCUT2D eigenvalue weighted by Crippen LogP contribution is -2.24. The molecule has 1 aliphatic heterocycles. The lowest BCUT2D eigenvalue weighted by Gasteiger charge is -2.10. The number of hydrogen-bond acceptors (Lipinski definition) is 1. The third kappa shape index (κ3) is 1.91. The smallest absolute Gasteiger partial charge is 0.114 e. The van der Waals surface area contributed by atoms with Crippen molar-refractivity contribution in [1.29, 1.82) is 0 Å². The summed E-state index contributed by atoms with van der Waals surface area (Å²) in [6.07, 6.45) is 0.0385. The van der Waals surface area contributed by atoms with Gasteiger partial charge in [-0.15, -0.1) is 0 Å². The molecule has 2 nitrogen and oxygen atoms in total. The highest BCUT2D eigenvalue weighted by atomic mass is 19.1. The van der Waals surface area contributed by atoms with Gasteiger partial charge in [0, 0.05) is 26.2 Å². The normalized spacial score (nSPS) is 29.3. The summed E-state index contributed by atoms with van der Waals surface area (Å²) < 4.78 is 12.4. The van der Waals surface area contributed by atoms with Gasteiger partial charge in [0.15, 0.2) is 0 Å². The van der Waals surface area contributed by atoms with Crippen molar-refractivity contribution in [1.82, 2.24) is 10.6 Å². The predicted octanol–water partition coefficient (Wildman–Crippen LogP) is 0.313. The molecule has 0 aliphatic carbocycles. The standard InChI is InChI=1S/C6H12FN2/c7-6-1-3-9(5-6)4-2-8/h6,8H,1-5H2/t6-/m1/s1. The van der Waals surface area contributed by atoms with Crippen molar-refractivity contribution in [2.75, 3.05) is 26.2 Å². The van der Waals surface area contributed by atoms with Gasteiger partial charge in [0.05, 0.1) is 0 Å². The van der Waals surface area contributed by atoms with E-state index in [9.17, 15) is 4.39 Å². The number of halogens is 1. The van der Waals surface area contributed by atoms with Gasteiger partial charge in [-0.05, 0) is 6.42 Å². The first kappa shape index (κ1) is 6.96. The van der Waals surface area contributed by atoms with Gasteiger partial charge < -0.3 is 0 Å². The Morgan fingerprint density at radius 3 is 2.89 bits per heavy atom. The van der Waals surface area contributed by atoms with Crippen molar-refractivity contribution in [3.05, 3.63) is 0 Å². The van der Waals surface area contributed by atoms with E-state index in [2.05, 4.69) is 0 Å². The summed E-state index contributed by atoms with van der Waals surface area (Å²) in [5.74, 6) is 0. The van der Waals surface area contributed by atoms with Crippen LogP contribution in [0.15, 0.2) is 0 Å². The maximum Gasteiger partial charge on any atom is 0.114 e. The van der Waals surface area contributed by atoms with Crippen LogP contribution in [0.2, 0.25) is 0 Å². The van der Waals surface area contributed by atoms with Gasteiger partial charge in [-0.3, -0.25) is 10.6 Å². The maximum atomic E-state index is 12.4. The topological polar surface area (TPSA) is 27.0 Å². The Morgan fingerprint density at radius 2 is 2.44 bits per heavy atom. The van der Waals surface area contributed by atoms with Gasteiger partial charge in [0.2, 0.25) is 0 Å². The van der Waals surface area contributed by atoms with E-state index in [1.807, 2.05) is 4.90 Å². The maximum absolute atomic E-state index is 12.4. The Balaban J connectivity index is 2.14. The molecule has 1 radical (unpaired) electrons. The second-order valence-corrected chi connectivity index (χ2v) is 2.44. The fraction of sp³-hybridized carbons (Fsp3) is 1.00. The number of alkyl halides is 1. The quantitative estimate of drug-likeness (QED) is 0.530. The van der Waals surface area contributed by atoms with E-state index in [-0.39, 0.29) is 0 Å². The molecule has 1 N–H and O–H groups in total. The number of rotatable bonds is 2. The van der Waals surface area contributed by atoms with Gasteiger partial charge >= 0.3 is 0 Å². The number of nitrogens with one attached hydrogen (secondary N) is 1. The van der Waals surface area contributed by atoms with Crippen molar-refractivity contribution in [2.24, 2.45) is 0 Å². The molecule has 1 saturated heterocycles. The molecule has 1 heterocycles. The van der Waals surface area contributed by atoms with Crippen LogP contribution in [0.1, 0.15) is 6.42 Å². The minimum atomic E-state index is -0.628. The lowest BCUT2D eigenvalue weighted by molar-refractivity contribution is 0.292. The zero-order valence-corrected chi connectivity index (χ0v) is 5.44. The van der Waals surface area contributed by atoms with Crippen LogP contribution in [-0.2, 0) is 0 Å². The molecule has 1 aliphatic rings.